The number of rotatable bonds is 5. The molecule has 0 bridgehead atoms. The minimum absolute atomic E-state index is 0.0402. The topological polar surface area (TPSA) is 44.1 Å². The molecule has 0 atom stereocenters. The Morgan fingerprint density at radius 3 is 2.32 bits per heavy atom. The van der Waals surface area contributed by atoms with Crippen molar-refractivity contribution in [2.75, 3.05) is 6.54 Å². The molecule has 0 radical (unpaired) electrons. The van der Waals surface area contributed by atoms with Crippen molar-refractivity contribution in [2.45, 2.75) is 50.5 Å². The molecule has 102 valence electrons. The quantitative estimate of drug-likeness (QED) is 0.711. The Kier molecular flexibility index (Phi) is 3.80. The van der Waals surface area contributed by atoms with E-state index in [0.717, 1.165) is 51.5 Å². The summed E-state index contributed by atoms with van der Waals surface area (Å²) in [7, 11) is 0. The first-order valence-corrected chi connectivity index (χ1v) is 7.09. The van der Waals surface area contributed by atoms with Gasteiger partial charge in [-0.3, -0.25) is 4.79 Å². The zero-order valence-corrected chi connectivity index (χ0v) is 11.5. The van der Waals surface area contributed by atoms with Crippen LogP contribution in [0.3, 0.4) is 0 Å². The van der Waals surface area contributed by atoms with Gasteiger partial charge in [0.15, 0.2) is 0 Å². The molecule has 2 fully saturated rings. The van der Waals surface area contributed by atoms with E-state index in [1.165, 1.54) is 0 Å². The molecule has 1 saturated heterocycles. The van der Waals surface area contributed by atoms with Gasteiger partial charge in [0.05, 0.1) is 6.07 Å². The molecule has 0 aromatic rings. The van der Waals surface area contributed by atoms with Crippen LogP contribution in [0, 0.1) is 16.7 Å². The van der Waals surface area contributed by atoms with Crippen LogP contribution in [-0.4, -0.2) is 22.9 Å². The van der Waals surface area contributed by atoms with Gasteiger partial charge < -0.3 is 4.90 Å². The highest BCUT2D eigenvalue weighted by atomic mass is 16.2. The Balaban J connectivity index is 2.28. The number of amides is 1. The second kappa shape index (κ2) is 5.21. The molecular weight excluding hydrogens is 236 g/mol. The monoisotopic (exact) mass is 258 g/mol. The first-order chi connectivity index (χ1) is 9.14. The van der Waals surface area contributed by atoms with Crippen LogP contribution in [0.1, 0.15) is 44.9 Å². The standard InChI is InChI=1S/C16H22N2O/c1-3-7-16(8-4-2)9-5-6-12-18(16)14(19)15(13-17)10-11-15/h3-4H,1-2,5-12H2. The van der Waals surface area contributed by atoms with Gasteiger partial charge in [0, 0.05) is 12.1 Å². The lowest BCUT2D eigenvalue weighted by molar-refractivity contribution is -0.143. The van der Waals surface area contributed by atoms with Gasteiger partial charge in [0.2, 0.25) is 5.91 Å². The molecule has 0 aromatic heterocycles. The van der Waals surface area contributed by atoms with Gasteiger partial charge >= 0.3 is 0 Å². The van der Waals surface area contributed by atoms with Crippen molar-refractivity contribution >= 4 is 5.91 Å². The van der Waals surface area contributed by atoms with E-state index >= 15 is 0 Å². The van der Waals surface area contributed by atoms with E-state index in [4.69, 9.17) is 0 Å². The average molecular weight is 258 g/mol. The molecule has 3 nitrogen and oxygen atoms in total. The molecule has 0 unspecified atom stereocenters. The Morgan fingerprint density at radius 2 is 1.84 bits per heavy atom. The zero-order valence-electron chi connectivity index (χ0n) is 11.5. The Morgan fingerprint density at radius 1 is 1.21 bits per heavy atom. The first kappa shape index (κ1) is 13.9. The third-order valence-electron chi connectivity index (χ3n) is 4.51. The van der Waals surface area contributed by atoms with E-state index in [1.54, 1.807) is 0 Å². The minimum Gasteiger partial charge on any atom is -0.335 e. The van der Waals surface area contributed by atoms with Gasteiger partial charge in [-0.2, -0.15) is 5.26 Å². The number of likely N-dealkylation sites (tertiary alicyclic amines) is 1. The lowest BCUT2D eigenvalue weighted by Crippen LogP contribution is -2.56. The van der Waals surface area contributed by atoms with Gasteiger partial charge in [-0.05, 0) is 44.9 Å². The molecule has 1 amide bonds. The van der Waals surface area contributed by atoms with Gasteiger partial charge in [-0.1, -0.05) is 12.2 Å². The summed E-state index contributed by atoms with van der Waals surface area (Å²) in [6, 6.07) is 2.23. The summed E-state index contributed by atoms with van der Waals surface area (Å²) in [4.78, 5) is 14.7. The van der Waals surface area contributed by atoms with Crippen molar-refractivity contribution in [3.05, 3.63) is 25.3 Å². The summed E-state index contributed by atoms with van der Waals surface area (Å²) in [5, 5.41) is 9.25. The van der Waals surface area contributed by atoms with Crippen molar-refractivity contribution in [2.24, 2.45) is 5.41 Å². The molecule has 0 aromatic carbocycles. The van der Waals surface area contributed by atoms with Crippen LogP contribution in [0.4, 0.5) is 0 Å². The number of nitrogens with zero attached hydrogens (tertiary/aromatic N) is 2. The fourth-order valence-corrected chi connectivity index (χ4v) is 3.22. The van der Waals surface area contributed by atoms with Crippen LogP contribution in [0.5, 0.6) is 0 Å². The molecular formula is C16H22N2O. The molecule has 1 heterocycles. The average Bonchev–Trinajstić information content (AvgIpc) is 3.20. The fourth-order valence-electron chi connectivity index (χ4n) is 3.22. The molecule has 1 aliphatic carbocycles. The molecule has 0 spiro atoms. The maximum atomic E-state index is 12.7. The maximum absolute atomic E-state index is 12.7. The number of hydrogen-bond donors (Lipinski definition) is 0. The highest BCUT2D eigenvalue weighted by molar-refractivity contribution is 5.89. The van der Waals surface area contributed by atoms with Crippen LogP contribution in [0.15, 0.2) is 25.3 Å². The Bertz CT molecular complexity index is 419. The third kappa shape index (κ3) is 2.32. The largest absolute Gasteiger partial charge is 0.335 e. The summed E-state index contributed by atoms with van der Waals surface area (Å²) in [6.45, 7) is 8.44. The molecule has 1 aliphatic heterocycles. The third-order valence-corrected chi connectivity index (χ3v) is 4.51. The molecule has 1 saturated carbocycles. The van der Waals surface area contributed by atoms with Gasteiger partial charge in [-0.25, -0.2) is 0 Å². The summed E-state index contributed by atoms with van der Waals surface area (Å²) >= 11 is 0. The Labute approximate surface area is 115 Å². The predicted molar refractivity (Wildman–Crippen MR) is 75.2 cm³/mol. The van der Waals surface area contributed by atoms with Crippen molar-refractivity contribution < 1.29 is 4.79 Å². The SMILES string of the molecule is C=CCC1(CC=C)CCCCN1C(=O)C1(C#N)CC1. The molecule has 3 heteroatoms. The van der Waals surface area contributed by atoms with Crippen molar-refractivity contribution in [1.82, 2.24) is 4.90 Å². The number of carbonyl (C=O) groups excluding carboxylic acids is 1. The van der Waals surface area contributed by atoms with Gasteiger partial charge in [-0.15, -0.1) is 13.2 Å². The Hall–Kier alpha value is -1.56. The number of nitriles is 1. The smallest absolute Gasteiger partial charge is 0.243 e. The molecule has 19 heavy (non-hydrogen) atoms. The second-order valence-corrected chi connectivity index (χ2v) is 5.82. The highest BCUT2D eigenvalue weighted by Gasteiger charge is 2.55. The minimum atomic E-state index is -0.717. The van der Waals surface area contributed by atoms with E-state index in [1.807, 2.05) is 17.1 Å². The summed E-state index contributed by atoms with van der Waals surface area (Å²) in [6.07, 6.45) is 9.93. The first-order valence-electron chi connectivity index (χ1n) is 7.09. The van der Waals surface area contributed by atoms with Crippen LogP contribution < -0.4 is 0 Å². The highest BCUT2D eigenvalue weighted by Crippen LogP contribution is 2.49. The van der Waals surface area contributed by atoms with Crippen molar-refractivity contribution in [3.8, 4) is 6.07 Å². The summed E-state index contributed by atoms with van der Waals surface area (Å²) < 4.78 is 0. The predicted octanol–water partition coefficient (Wildman–Crippen LogP) is 3.19. The zero-order chi connectivity index (χ0) is 13.9. The van der Waals surface area contributed by atoms with Gasteiger partial charge in [0.1, 0.15) is 5.41 Å². The summed E-state index contributed by atoms with van der Waals surface area (Å²) in [5.41, 5.74) is -0.907. The second-order valence-electron chi connectivity index (χ2n) is 5.82. The van der Waals surface area contributed by atoms with Crippen LogP contribution in [0.25, 0.3) is 0 Å². The fraction of sp³-hybridized carbons (Fsp3) is 0.625. The van der Waals surface area contributed by atoms with E-state index in [0.29, 0.717) is 0 Å². The lowest BCUT2D eigenvalue weighted by Gasteiger charge is -2.47. The number of hydrogen-bond acceptors (Lipinski definition) is 2. The van der Waals surface area contributed by atoms with E-state index in [-0.39, 0.29) is 11.4 Å². The number of piperidine rings is 1. The number of carbonyl (C=O) groups is 1. The molecule has 2 aliphatic rings. The van der Waals surface area contributed by atoms with Crippen LogP contribution >= 0.6 is 0 Å². The lowest BCUT2D eigenvalue weighted by atomic mass is 9.80. The normalized spacial score (nSPS) is 23.2. The van der Waals surface area contributed by atoms with E-state index in [9.17, 15) is 10.1 Å². The molecule has 0 N–H and O–H groups in total. The van der Waals surface area contributed by atoms with Gasteiger partial charge in [0.25, 0.3) is 0 Å². The summed E-state index contributed by atoms with van der Waals surface area (Å²) in [5.74, 6) is 0.0402. The van der Waals surface area contributed by atoms with Crippen molar-refractivity contribution in [3.63, 3.8) is 0 Å². The van der Waals surface area contributed by atoms with E-state index < -0.39 is 5.41 Å². The van der Waals surface area contributed by atoms with Crippen molar-refractivity contribution in [1.29, 1.82) is 5.26 Å². The molecule has 2 rings (SSSR count). The van der Waals surface area contributed by atoms with Crippen LogP contribution in [0.2, 0.25) is 0 Å². The maximum Gasteiger partial charge on any atom is 0.243 e. The van der Waals surface area contributed by atoms with E-state index in [2.05, 4.69) is 19.2 Å². The van der Waals surface area contributed by atoms with Crippen LogP contribution in [-0.2, 0) is 4.79 Å².